The van der Waals surface area contributed by atoms with E-state index in [-0.39, 0.29) is 5.69 Å². The third-order valence-electron chi connectivity index (χ3n) is 3.19. The summed E-state index contributed by atoms with van der Waals surface area (Å²) in [5, 5.41) is 20.0. The third kappa shape index (κ3) is 3.66. The van der Waals surface area contributed by atoms with Gasteiger partial charge in [0, 0.05) is 16.6 Å². The summed E-state index contributed by atoms with van der Waals surface area (Å²) < 4.78 is 0.846. The number of aliphatic carboxylic acids is 1. The van der Waals surface area contributed by atoms with E-state index in [2.05, 4.69) is 15.9 Å². The fourth-order valence-electron chi connectivity index (χ4n) is 2.06. The van der Waals surface area contributed by atoms with Crippen molar-refractivity contribution in [3.63, 3.8) is 0 Å². The number of nitro groups is 1. The maximum atomic E-state index is 11.5. The minimum absolute atomic E-state index is 0.0521. The van der Waals surface area contributed by atoms with E-state index in [0.29, 0.717) is 12.0 Å². The Kier molecular flexibility index (Phi) is 4.70. The first kappa shape index (κ1) is 15.2. The van der Waals surface area contributed by atoms with Crippen molar-refractivity contribution in [1.29, 1.82) is 0 Å². The number of carboxylic acids is 1. The van der Waals surface area contributed by atoms with Gasteiger partial charge in [-0.2, -0.15) is 0 Å². The fraction of sp³-hybridized carbons (Fsp3) is 0.133. The number of rotatable bonds is 5. The molecule has 0 saturated heterocycles. The lowest BCUT2D eigenvalue weighted by Crippen LogP contribution is -2.14. The first-order valence-corrected chi connectivity index (χ1v) is 6.99. The maximum Gasteiger partial charge on any atom is 0.311 e. The molecule has 1 unspecified atom stereocenters. The first-order chi connectivity index (χ1) is 9.99. The van der Waals surface area contributed by atoms with E-state index in [0.717, 1.165) is 10.0 Å². The standard InChI is InChI=1S/C15H12BrNO4/c16-14-4-2-1-3-11(14)9-13(15(18)19)10-5-7-12(8-6-10)17(20)21/h1-8,13H,9H2,(H,18,19). The largest absolute Gasteiger partial charge is 0.481 e. The molecule has 2 aromatic carbocycles. The van der Waals surface area contributed by atoms with Crippen molar-refractivity contribution in [1.82, 2.24) is 0 Å². The molecule has 0 aromatic heterocycles. The molecule has 6 heteroatoms. The summed E-state index contributed by atoms with van der Waals surface area (Å²) in [7, 11) is 0. The van der Waals surface area contributed by atoms with Gasteiger partial charge in [0.25, 0.3) is 5.69 Å². The van der Waals surface area contributed by atoms with Crippen LogP contribution in [0.4, 0.5) is 5.69 Å². The van der Waals surface area contributed by atoms with Crippen molar-refractivity contribution >= 4 is 27.6 Å². The van der Waals surface area contributed by atoms with Crippen molar-refractivity contribution in [3.8, 4) is 0 Å². The molecular formula is C15H12BrNO4. The Hall–Kier alpha value is -2.21. The predicted octanol–water partition coefficient (Wildman–Crippen LogP) is 3.77. The highest BCUT2D eigenvalue weighted by Gasteiger charge is 2.22. The predicted molar refractivity (Wildman–Crippen MR) is 81.3 cm³/mol. The van der Waals surface area contributed by atoms with Gasteiger partial charge in [-0.05, 0) is 23.6 Å². The number of halogens is 1. The average Bonchev–Trinajstić information content (AvgIpc) is 2.46. The molecule has 21 heavy (non-hydrogen) atoms. The van der Waals surface area contributed by atoms with Crippen LogP contribution >= 0.6 is 15.9 Å². The van der Waals surface area contributed by atoms with Crippen LogP contribution < -0.4 is 0 Å². The zero-order chi connectivity index (χ0) is 15.4. The molecule has 1 N–H and O–H groups in total. The van der Waals surface area contributed by atoms with E-state index in [1.54, 1.807) is 0 Å². The number of carboxylic acid groups (broad SMARTS) is 1. The zero-order valence-electron chi connectivity index (χ0n) is 10.9. The van der Waals surface area contributed by atoms with Gasteiger partial charge in [-0.15, -0.1) is 0 Å². The molecule has 0 amide bonds. The third-order valence-corrected chi connectivity index (χ3v) is 3.96. The highest BCUT2D eigenvalue weighted by molar-refractivity contribution is 9.10. The van der Waals surface area contributed by atoms with Gasteiger partial charge in [0.2, 0.25) is 0 Å². The number of hydrogen-bond acceptors (Lipinski definition) is 3. The monoisotopic (exact) mass is 349 g/mol. The van der Waals surface area contributed by atoms with Crippen LogP contribution in [-0.4, -0.2) is 16.0 Å². The summed E-state index contributed by atoms with van der Waals surface area (Å²) in [4.78, 5) is 21.6. The maximum absolute atomic E-state index is 11.5. The first-order valence-electron chi connectivity index (χ1n) is 6.19. The van der Waals surface area contributed by atoms with Crippen LogP contribution in [-0.2, 0) is 11.2 Å². The molecule has 1 atom stereocenters. The number of benzene rings is 2. The van der Waals surface area contributed by atoms with Crippen LogP contribution in [0.2, 0.25) is 0 Å². The Bertz CT molecular complexity index is 670. The molecule has 2 rings (SSSR count). The quantitative estimate of drug-likeness (QED) is 0.658. The van der Waals surface area contributed by atoms with Crippen molar-refractivity contribution in [2.75, 3.05) is 0 Å². The molecule has 0 aliphatic heterocycles. The van der Waals surface area contributed by atoms with Crippen LogP contribution in [0.3, 0.4) is 0 Å². The van der Waals surface area contributed by atoms with E-state index < -0.39 is 16.8 Å². The lowest BCUT2D eigenvalue weighted by molar-refractivity contribution is -0.384. The van der Waals surface area contributed by atoms with Crippen molar-refractivity contribution in [2.45, 2.75) is 12.3 Å². The van der Waals surface area contributed by atoms with Crippen molar-refractivity contribution < 1.29 is 14.8 Å². The van der Waals surface area contributed by atoms with Gasteiger partial charge in [0.05, 0.1) is 10.8 Å². The molecule has 0 spiro atoms. The van der Waals surface area contributed by atoms with Gasteiger partial charge in [-0.25, -0.2) is 0 Å². The molecule has 0 fully saturated rings. The van der Waals surface area contributed by atoms with Crippen LogP contribution in [0.25, 0.3) is 0 Å². The molecule has 0 aliphatic rings. The Labute approximate surface area is 129 Å². The second kappa shape index (κ2) is 6.49. The van der Waals surface area contributed by atoms with Gasteiger partial charge < -0.3 is 5.11 Å². The van der Waals surface area contributed by atoms with E-state index in [1.807, 2.05) is 24.3 Å². The highest BCUT2D eigenvalue weighted by atomic mass is 79.9. The Balaban J connectivity index is 2.29. The van der Waals surface area contributed by atoms with Gasteiger partial charge in [0.1, 0.15) is 0 Å². The van der Waals surface area contributed by atoms with Gasteiger partial charge >= 0.3 is 5.97 Å². The lowest BCUT2D eigenvalue weighted by atomic mass is 9.92. The number of nitrogens with zero attached hydrogens (tertiary/aromatic N) is 1. The molecule has 0 heterocycles. The minimum atomic E-state index is -0.959. The Morgan fingerprint density at radius 2 is 1.81 bits per heavy atom. The smallest absolute Gasteiger partial charge is 0.311 e. The van der Waals surface area contributed by atoms with Gasteiger partial charge in [-0.3, -0.25) is 14.9 Å². The van der Waals surface area contributed by atoms with Crippen molar-refractivity contribution in [2.24, 2.45) is 0 Å². The summed E-state index contributed by atoms with van der Waals surface area (Å²) in [6.45, 7) is 0. The van der Waals surface area contributed by atoms with E-state index in [4.69, 9.17) is 0 Å². The summed E-state index contributed by atoms with van der Waals surface area (Å²) in [5.74, 6) is -1.70. The fourth-order valence-corrected chi connectivity index (χ4v) is 2.51. The topological polar surface area (TPSA) is 80.4 Å². The molecular weight excluding hydrogens is 338 g/mol. The SMILES string of the molecule is O=C(O)C(Cc1ccccc1Br)c1ccc([N+](=O)[O-])cc1. The molecule has 0 bridgehead atoms. The second-order valence-electron chi connectivity index (χ2n) is 4.53. The highest BCUT2D eigenvalue weighted by Crippen LogP contribution is 2.27. The van der Waals surface area contributed by atoms with E-state index in [9.17, 15) is 20.0 Å². The molecule has 0 aliphatic carbocycles. The van der Waals surface area contributed by atoms with E-state index in [1.165, 1.54) is 24.3 Å². The summed E-state index contributed by atoms with van der Waals surface area (Å²) in [6.07, 6.45) is 0.314. The summed E-state index contributed by atoms with van der Waals surface area (Å²) in [5.41, 5.74) is 1.37. The Morgan fingerprint density at radius 3 is 2.33 bits per heavy atom. The van der Waals surface area contributed by atoms with Crippen LogP contribution in [0.5, 0.6) is 0 Å². The van der Waals surface area contributed by atoms with Crippen LogP contribution in [0.15, 0.2) is 53.0 Å². The molecule has 108 valence electrons. The van der Waals surface area contributed by atoms with Gasteiger partial charge in [-0.1, -0.05) is 46.3 Å². The second-order valence-corrected chi connectivity index (χ2v) is 5.39. The number of carbonyl (C=O) groups is 1. The summed E-state index contributed by atoms with van der Waals surface area (Å²) in [6, 6.07) is 13.0. The number of nitro benzene ring substituents is 1. The zero-order valence-corrected chi connectivity index (χ0v) is 12.5. The molecule has 2 aromatic rings. The van der Waals surface area contributed by atoms with Crippen LogP contribution in [0, 0.1) is 10.1 Å². The van der Waals surface area contributed by atoms with Crippen LogP contribution in [0.1, 0.15) is 17.0 Å². The number of non-ortho nitro benzene ring substituents is 1. The Morgan fingerprint density at radius 1 is 1.19 bits per heavy atom. The summed E-state index contributed by atoms with van der Waals surface area (Å²) >= 11 is 3.39. The minimum Gasteiger partial charge on any atom is -0.481 e. The lowest BCUT2D eigenvalue weighted by Gasteiger charge is -2.13. The molecule has 5 nitrogen and oxygen atoms in total. The normalized spacial score (nSPS) is 11.9. The van der Waals surface area contributed by atoms with E-state index >= 15 is 0 Å². The molecule has 0 radical (unpaired) electrons. The van der Waals surface area contributed by atoms with Crippen molar-refractivity contribution in [3.05, 3.63) is 74.2 Å². The van der Waals surface area contributed by atoms with Gasteiger partial charge in [0.15, 0.2) is 0 Å². The average molecular weight is 350 g/mol. The molecule has 0 saturated carbocycles. The number of hydrogen-bond donors (Lipinski definition) is 1.